The summed E-state index contributed by atoms with van der Waals surface area (Å²) in [5.74, 6) is -0.652. The molecule has 0 aliphatic carbocycles. The van der Waals surface area contributed by atoms with Gasteiger partial charge in [0.25, 0.3) is 5.91 Å². The highest BCUT2D eigenvalue weighted by Crippen LogP contribution is 2.22. The highest BCUT2D eigenvalue weighted by Gasteiger charge is 2.12. The third kappa shape index (κ3) is 6.40. The lowest BCUT2D eigenvalue weighted by Crippen LogP contribution is -2.41. The Hall–Kier alpha value is -2.33. The fourth-order valence-electron chi connectivity index (χ4n) is 2.07. The van der Waals surface area contributed by atoms with Gasteiger partial charge in [0.05, 0.1) is 21.4 Å². The molecule has 0 spiro atoms. The molecule has 0 unspecified atom stereocenters. The summed E-state index contributed by atoms with van der Waals surface area (Å²) >= 11 is 8.00. The van der Waals surface area contributed by atoms with Crippen molar-refractivity contribution in [3.05, 3.63) is 56.6 Å². The number of benzene rings is 2. The molecule has 2 aromatic carbocycles. The van der Waals surface area contributed by atoms with E-state index in [1.54, 1.807) is 49.6 Å². The maximum absolute atomic E-state index is 12.1. The summed E-state index contributed by atoms with van der Waals surface area (Å²) in [4.78, 5) is 35.7. The van der Waals surface area contributed by atoms with Gasteiger partial charge in [0.1, 0.15) is 5.75 Å². The van der Waals surface area contributed by atoms with Gasteiger partial charge in [0.2, 0.25) is 11.8 Å². The quantitative estimate of drug-likeness (QED) is 0.419. The molecule has 7 nitrogen and oxygen atoms in total. The number of hydrogen-bond acceptors (Lipinski definition) is 4. The van der Waals surface area contributed by atoms with E-state index in [1.165, 1.54) is 0 Å². The second-order valence-corrected chi connectivity index (χ2v) is 6.95. The minimum atomic E-state index is -0.485. The SMILES string of the molecule is COc1ccc(C(=O)NNC(=O)CCC(=O)Nc2ccccc2Cl)cc1I. The second-order valence-electron chi connectivity index (χ2n) is 5.38. The van der Waals surface area contributed by atoms with Gasteiger partial charge in [-0.2, -0.15) is 0 Å². The normalized spacial score (nSPS) is 10.0. The molecule has 0 heterocycles. The standard InChI is InChI=1S/C18H17ClIN3O4/c1-27-15-7-6-11(10-13(15)20)18(26)23-22-17(25)9-8-16(24)21-14-5-3-2-4-12(14)19/h2-7,10H,8-9H2,1H3,(H,21,24)(H,22,25)(H,23,26). The van der Waals surface area contributed by atoms with Gasteiger partial charge in [-0.3, -0.25) is 25.2 Å². The Balaban J connectivity index is 1.77. The molecule has 0 aliphatic heterocycles. The lowest BCUT2D eigenvalue weighted by molar-refractivity contribution is -0.124. The highest BCUT2D eigenvalue weighted by atomic mass is 127. The number of rotatable bonds is 6. The van der Waals surface area contributed by atoms with E-state index in [1.807, 2.05) is 22.6 Å². The van der Waals surface area contributed by atoms with Crippen LogP contribution < -0.4 is 20.9 Å². The molecular formula is C18H17ClIN3O4. The fraction of sp³-hybridized carbons (Fsp3) is 0.167. The monoisotopic (exact) mass is 501 g/mol. The molecule has 27 heavy (non-hydrogen) atoms. The van der Waals surface area contributed by atoms with Crippen molar-refractivity contribution in [1.82, 2.24) is 10.9 Å². The molecule has 0 atom stereocenters. The Morgan fingerprint density at radius 2 is 1.74 bits per heavy atom. The molecule has 142 valence electrons. The van der Waals surface area contributed by atoms with Gasteiger partial charge in [0.15, 0.2) is 0 Å². The Labute approximate surface area is 174 Å². The minimum absolute atomic E-state index is 0.0483. The van der Waals surface area contributed by atoms with Gasteiger partial charge in [0, 0.05) is 18.4 Å². The van der Waals surface area contributed by atoms with Gasteiger partial charge in [-0.1, -0.05) is 23.7 Å². The third-order valence-electron chi connectivity index (χ3n) is 3.46. The summed E-state index contributed by atoms with van der Waals surface area (Å²) in [5.41, 5.74) is 5.44. The summed E-state index contributed by atoms with van der Waals surface area (Å²) in [6, 6.07) is 11.7. The van der Waals surface area contributed by atoms with Gasteiger partial charge >= 0.3 is 0 Å². The van der Waals surface area contributed by atoms with E-state index in [0.29, 0.717) is 22.0 Å². The highest BCUT2D eigenvalue weighted by molar-refractivity contribution is 14.1. The number of halogens is 2. The van der Waals surface area contributed by atoms with Crippen LogP contribution in [0.2, 0.25) is 5.02 Å². The molecule has 3 N–H and O–H groups in total. The van der Waals surface area contributed by atoms with Gasteiger partial charge in [-0.15, -0.1) is 0 Å². The number of ether oxygens (including phenoxy) is 1. The van der Waals surface area contributed by atoms with Crippen molar-refractivity contribution in [3.63, 3.8) is 0 Å². The first-order valence-electron chi connectivity index (χ1n) is 7.88. The van der Waals surface area contributed by atoms with E-state index >= 15 is 0 Å². The number of amides is 3. The molecule has 2 aromatic rings. The Morgan fingerprint density at radius 1 is 1.04 bits per heavy atom. The average Bonchev–Trinajstić information content (AvgIpc) is 2.66. The van der Waals surface area contributed by atoms with Crippen molar-refractivity contribution in [2.24, 2.45) is 0 Å². The van der Waals surface area contributed by atoms with Crippen LogP contribution in [0.25, 0.3) is 0 Å². The molecule has 0 saturated heterocycles. The molecule has 0 aliphatic rings. The number of carbonyl (C=O) groups is 3. The van der Waals surface area contributed by atoms with E-state index in [4.69, 9.17) is 16.3 Å². The zero-order valence-corrected chi connectivity index (χ0v) is 17.3. The molecule has 0 radical (unpaired) electrons. The van der Waals surface area contributed by atoms with Crippen molar-refractivity contribution in [3.8, 4) is 5.75 Å². The van der Waals surface area contributed by atoms with E-state index in [2.05, 4.69) is 16.2 Å². The van der Waals surface area contributed by atoms with Gasteiger partial charge < -0.3 is 10.1 Å². The summed E-state index contributed by atoms with van der Waals surface area (Å²) in [6.07, 6.45) is -0.135. The number of carbonyl (C=O) groups excluding carboxylic acids is 3. The van der Waals surface area contributed by atoms with E-state index < -0.39 is 11.8 Å². The number of methoxy groups -OCH3 is 1. The van der Waals surface area contributed by atoms with Crippen LogP contribution in [-0.4, -0.2) is 24.8 Å². The molecule has 2 rings (SSSR count). The van der Waals surface area contributed by atoms with Crippen LogP contribution in [0.1, 0.15) is 23.2 Å². The zero-order valence-electron chi connectivity index (χ0n) is 14.3. The maximum atomic E-state index is 12.1. The smallest absolute Gasteiger partial charge is 0.269 e. The van der Waals surface area contributed by atoms with E-state index in [0.717, 1.165) is 3.57 Å². The summed E-state index contributed by atoms with van der Waals surface area (Å²) in [6.45, 7) is 0. The maximum Gasteiger partial charge on any atom is 0.269 e. The zero-order chi connectivity index (χ0) is 19.8. The molecule has 9 heteroatoms. The lowest BCUT2D eigenvalue weighted by Gasteiger charge is -2.09. The first-order chi connectivity index (χ1) is 12.9. The third-order valence-corrected chi connectivity index (χ3v) is 4.63. The number of hydrazine groups is 1. The van der Waals surface area contributed by atoms with Crippen LogP contribution in [0.3, 0.4) is 0 Å². The van der Waals surface area contributed by atoms with Crippen LogP contribution in [0, 0.1) is 3.57 Å². The molecule has 0 bridgehead atoms. The van der Waals surface area contributed by atoms with Crippen LogP contribution in [0.4, 0.5) is 5.69 Å². The van der Waals surface area contributed by atoms with Gasteiger partial charge in [-0.05, 0) is 52.9 Å². The first kappa shape index (κ1) is 21.0. The lowest BCUT2D eigenvalue weighted by atomic mass is 10.2. The number of para-hydroxylation sites is 1. The van der Waals surface area contributed by atoms with Crippen molar-refractivity contribution >= 4 is 57.6 Å². The van der Waals surface area contributed by atoms with Crippen molar-refractivity contribution in [1.29, 1.82) is 0 Å². The Kier molecular flexibility index (Phi) is 7.86. The largest absolute Gasteiger partial charge is 0.496 e. The predicted octanol–water partition coefficient (Wildman–Crippen LogP) is 3.13. The van der Waals surface area contributed by atoms with E-state index in [-0.39, 0.29) is 18.7 Å². The molecular weight excluding hydrogens is 485 g/mol. The van der Waals surface area contributed by atoms with Crippen molar-refractivity contribution in [2.75, 3.05) is 12.4 Å². The number of anilines is 1. The van der Waals surface area contributed by atoms with Crippen LogP contribution in [0.5, 0.6) is 5.75 Å². The fourth-order valence-corrected chi connectivity index (χ4v) is 2.99. The van der Waals surface area contributed by atoms with Crippen LogP contribution in [-0.2, 0) is 9.59 Å². The molecule has 3 amide bonds. The predicted molar refractivity (Wildman–Crippen MR) is 111 cm³/mol. The van der Waals surface area contributed by atoms with Crippen LogP contribution in [0.15, 0.2) is 42.5 Å². The molecule has 0 saturated carbocycles. The van der Waals surface area contributed by atoms with E-state index in [9.17, 15) is 14.4 Å². The Morgan fingerprint density at radius 3 is 2.41 bits per heavy atom. The van der Waals surface area contributed by atoms with Gasteiger partial charge in [-0.25, -0.2) is 0 Å². The minimum Gasteiger partial charge on any atom is -0.496 e. The number of nitrogens with one attached hydrogen (secondary N) is 3. The van der Waals surface area contributed by atoms with Crippen molar-refractivity contribution < 1.29 is 19.1 Å². The molecule has 0 aromatic heterocycles. The molecule has 0 fully saturated rings. The summed E-state index contributed by atoms with van der Waals surface area (Å²) in [5, 5.41) is 3.04. The van der Waals surface area contributed by atoms with Crippen molar-refractivity contribution in [2.45, 2.75) is 12.8 Å². The topological polar surface area (TPSA) is 96.5 Å². The number of hydrogen-bond donors (Lipinski definition) is 3. The Bertz CT molecular complexity index is 860. The summed E-state index contributed by atoms with van der Waals surface area (Å²) < 4.78 is 5.90. The average molecular weight is 502 g/mol. The first-order valence-corrected chi connectivity index (χ1v) is 9.33. The summed E-state index contributed by atoms with van der Waals surface area (Å²) in [7, 11) is 1.54. The van der Waals surface area contributed by atoms with Crippen LogP contribution >= 0.6 is 34.2 Å². The second kappa shape index (κ2) is 10.1.